The highest BCUT2D eigenvalue weighted by Crippen LogP contribution is 2.18. The van der Waals surface area contributed by atoms with E-state index in [1.165, 1.54) is 308 Å². The molecule has 0 aromatic carbocycles. The molecule has 0 aliphatic heterocycles. The number of aliphatic hydroxyl groups excluding tert-OH is 2. The highest BCUT2D eigenvalue weighted by atomic mass is 16.5. The topological polar surface area (TPSA) is 95.9 Å². The van der Waals surface area contributed by atoms with Crippen LogP contribution in [0.15, 0.2) is 36.5 Å². The second-order valence-corrected chi connectivity index (χ2v) is 24.2. The van der Waals surface area contributed by atoms with Gasteiger partial charge in [-0.2, -0.15) is 0 Å². The minimum Gasteiger partial charge on any atom is -0.466 e. The van der Waals surface area contributed by atoms with Crippen LogP contribution in [0.5, 0.6) is 0 Å². The summed E-state index contributed by atoms with van der Waals surface area (Å²) in [6.07, 6.45) is 86.5. The summed E-state index contributed by atoms with van der Waals surface area (Å²) in [6.45, 7) is 4.92. The number of ether oxygens (including phenoxy) is 1. The molecule has 0 aliphatic rings. The lowest BCUT2D eigenvalue weighted by Gasteiger charge is -2.20. The van der Waals surface area contributed by atoms with E-state index in [0.29, 0.717) is 19.4 Å². The largest absolute Gasteiger partial charge is 0.466 e. The van der Waals surface area contributed by atoms with Gasteiger partial charge in [0.15, 0.2) is 0 Å². The van der Waals surface area contributed by atoms with E-state index in [1.807, 2.05) is 6.08 Å². The summed E-state index contributed by atoms with van der Waals surface area (Å²) in [7, 11) is 0. The number of allylic oxidation sites excluding steroid dienone is 5. The molecule has 1 amide bonds. The first-order valence-corrected chi connectivity index (χ1v) is 35.3. The molecule has 0 heterocycles. The Labute approximate surface area is 487 Å². The Balaban J connectivity index is 3.44. The van der Waals surface area contributed by atoms with Crippen molar-refractivity contribution in [1.82, 2.24) is 5.32 Å². The lowest BCUT2D eigenvalue weighted by atomic mass is 10.0. The zero-order chi connectivity index (χ0) is 56.4. The number of esters is 1. The van der Waals surface area contributed by atoms with Crippen LogP contribution in [0, 0.1) is 0 Å². The number of hydrogen-bond donors (Lipinski definition) is 3. The smallest absolute Gasteiger partial charge is 0.305 e. The summed E-state index contributed by atoms with van der Waals surface area (Å²) in [5.41, 5.74) is 0. The van der Waals surface area contributed by atoms with Crippen LogP contribution in [0.1, 0.15) is 386 Å². The van der Waals surface area contributed by atoms with Crippen LogP contribution in [0.3, 0.4) is 0 Å². The number of hydrogen-bond acceptors (Lipinski definition) is 5. The van der Waals surface area contributed by atoms with Crippen molar-refractivity contribution in [3.8, 4) is 0 Å². The summed E-state index contributed by atoms with van der Waals surface area (Å²) in [5, 5.41) is 23.3. The molecule has 0 spiro atoms. The monoisotopic (exact) mass is 1100 g/mol. The SMILES string of the molecule is CCCCCCC/C=C\CCCCCCCC(=O)OCCCCCCCCCCCCCC/C=C\CCCCCCCCCC(=O)NC(CO)C(O)/C=C/CCCCCCCCCCCCCCCCCCCCCCCC. The molecule has 6 heteroatoms. The number of rotatable bonds is 66. The van der Waals surface area contributed by atoms with Gasteiger partial charge in [-0.05, 0) is 83.5 Å². The molecule has 78 heavy (non-hydrogen) atoms. The molecule has 0 aromatic rings. The predicted octanol–water partition coefficient (Wildman–Crippen LogP) is 22.7. The number of unbranched alkanes of at least 4 members (excludes halogenated alkanes) is 51. The third kappa shape index (κ3) is 63.3. The number of amides is 1. The van der Waals surface area contributed by atoms with E-state index in [0.717, 1.165) is 51.4 Å². The summed E-state index contributed by atoms with van der Waals surface area (Å²) >= 11 is 0. The van der Waals surface area contributed by atoms with Gasteiger partial charge in [-0.25, -0.2) is 0 Å². The number of carbonyl (C=O) groups excluding carboxylic acids is 2. The zero-order valence-corrected chi connectivity index (χ0v) is 52.7. The van der Waals surface area contributed by atoms with Gasteiger partial charge in [-0.3, -0.25) is 9.59 Å². The Bertz CT molecular complexity index is 1260. The molecule has 0 saturated heterocycles. The molecule has 0 radical (unpaired) electrons. The second kappa shape index (κ2) is 67.6. The Morgan fingerprint density at radius 3 is 0.910 bits per heavy atom. The Morgan fingerprint density at radius 1 is 0.346 bits per heavy atom. The van der Waals surface area contributed by atoms with Crippen molar-refractivity contribution >= 4 is 11.9 Å². The Hall–Kier alpha value is -1.92. The molecule has 0 fully saturated rings. The first-order chi connectivity index (χ1) is 38.5. The van der Waals surface area contributed by atoms with E-state index in [1.54, 1.807) is 6.08 Å². The molecule has 460 valence electrons. The molecule has 0 rings (SSSR count). The third-order valence-corrected chi connectivity index (χ3v) is 16.4. The molecule has 0 bridgehead atoms. The zero-order valence-electron chi connectivity index (χ0n) is 52.7. The van der Waals surface area contributed by atoms with Gasteiger partial charge >= 0.3 is 5.97 Å². The molecule has 0 saturated carbocycles. The molecule has 0 aliphatic carbocycles. The van der Waals surface area contributed by atoms with E-state index in [-0.39, 0.29) is 18.5 Å². The van der Waals surface area contributed by atoms with Crippen molar-refractivity contribution in [2.45, 2.75) is 398 Å². The van der Waals surface area contributed by atoms with Crippen molar-refractivity contribution < 1.29 is 24.5 Å². The molecule has 2 unspecified atom stereocenters. The van der Waals surface area contributed by atoms with Crippen LogP contribution >= 0.6 is 0 Å². The predicted molar refractivity (Wildman–Crippen MR) is 343 cm³/mol. The lowest BCUT2D eigenvalue weighted by molar-refractivity contribution is -0.143. The minimum absolute atomic E-state index is 0.00294. The first-order valence-electron chi connectivity index (χ1n) is 35.3. The molecule has 2 atom stereocenters. The van der Waals surface area contributed by atoms with Crippen LogP contribution in [0.25, 0.3) is 0 Å². The minimum atomic E-state index is -0.850. The van der Waals surface area contributed by atoms with E-state index in [9.17, 15) is 19.8 Å². The summed E-state index contributed by atoms with van der Waals surface area (Å²) in [6, 6.07) is -0.634. The van der Waals surface area contributed by atoms with Crippen molar-refractivity contribution in [3.05, 3.63) is 36.5 Å². The van der Waals surface area contributed by atoms with Gasteiger partial charge in [0.2, 0.25) is 5.91 Å². The Kier molecular flexibility index (Phi) is 65.9. The quantitative estimate of drug-likeness (QED) is 0.0320. The average molecular weight is 1100 g/mol. The lowest BCUT2D eigenvalue weighted by Crippen LogP contribution is -2.45. The Morgan fingerprint density at radius 2 is 0.603 bits per heavy atom. The highest BCUT2D eigenvalue weighted by Gasteiger charge is 2.18. The fourth-order valence-corrected chi connectivity index (χ4v) is 11.0. The van der Waals surface area contributed by atoms with Crippen LogP contribution in [0.4, 0.5) is 0 Å². The van der Waals surface area contributed by atoms with Gasteiger partial charge in [0.1, 0.15) is 0 Å². The fraction of sp³-hybridized carbons (Fsp3) is 0.889. The molecular weight excluding hydrogens is 959 g/mol. The maximum atomic E-state index is 12.5. The number of aliphatic hydroxyl groups is 2. The first kappa shape index (κ1) is 76.1. The third-order valence-electron chi connectivity index (χ3n) is 16.4. The fourth-order valence-electron chi connectivity index (χ4n) is 11.0. The van der Waals surface area contributed by atoms with Gasteiger partial charge in [-0.1, -0.05) is 326 Å². The van der Waals surface area contributed by atoms with Crippen LogP contribution in [-0.4, -0.2) is 47.4 Å². The maximum absolute atomic E-state index is 12.5. The van der Waals surface area contributed by atoms with Crippen LogP contribution in [0.2, 0.25) is 0 Å². The highest BCUT2D eigenvalue weighted by molar-refractivity contribution is 5.76. The van der Waals surface area contributed by atoms with Crippen molar-refractivity contribution in [1.29, 1.82) is 0 Å². The van der Waals surface area contributed by atoms with E-state index in [2.05, 4.69) is 43.5 Å². The van der Waals surface area contributed by atoms with Gasteiger partial charge in [0, 0.05) is 12.8 Å². The summed E-state index contributed by atoms with van der Waals surface area (Å²) in [5.74, 6) is -0.0676. The number of carbonyl (C=O) groups is 2. The molecule has 3 N–H and O–H groups in total. The van der Waals surface area contributed by atoms with Crippen LogP contribution in [-0.2, 0) is 14.3 Å². The van der Waals surface area contributed by atoms with Gasteiger partial charge in [-0.15, -0.1) is 0 Å². The molecule has 6 nitrogen and oxygen atoms in total. The normalized spacial score (nSPS) is 12.7. The standard InChI is InChI=1S/C72H137NO5/c1-3-5-7-9-11-13-15-17-19-20-21-22-23-25-28-31-34-37-40-44-48-52-56-60-64-70(75)69(68-74)73-71(76)65-61-57-53-49-45-41-38-35-32-29-26-24-27-30-33-36-39-43-47-51-55-59-63-67-78-72(77)66-62-58-54-50-46-42-18-16-14-12-10-8-6-4-2/h16,18,29,32,60,64,69-70,74-75H,3-15,17,19-28,30-31,33-59,61-63,65-68H2,1-2H3,(H,73,76)/b18-16-,32-29-,64-60+. The van der Waals surface area contributed by atoms with E-state index < -0.39 is 12.1 Å². The second-order valence-electron chi connectivity index (χ2n) is 24.2. The van der Waals surface area contributed by atoms with Gasteiger partial charge in [0.05, 0.1) is 25.4 Å². The van der Waals surface area contributed by atoms with Crippen molar-refractivity contribution in [3.63, 3.8) is 0 Å². The molecule has 0 aromatic heterocycles. The summed E-state index contributed by atoms with van der Waals surface area (Å²) in [4.78, 5) is 24.6. The summed E-state index contributed by atoms with van der Waals surface area (Å²) < 4.78 is 5.48. The van der Waals surface area contributed by atoms with E-state index >= 15 is 0 Å². The maximum Gasteiger partial charge on any atom is 0.305 e. The van der Waals surface area contributed by atoms with Gasteiger partial charge < -0.3 is 20.3 Å². The molecular formula is C72H137NO5. The average Bonchev–Trinajstić information content (AvgIpc) is 3.44. The van der Waals surface area contributed by atoms with Crippen LogP contribution < -0.4 is 5.32 Å². The van der Waals surface area contributed by atoms with E-state index in [4.69, 9.17) is 4.74 Å². The van der Waals surface area contributed by atoms with Crippen molar-refractivity contribution in [2.24, 2.45) is 0 Å². The number of nitrogens with one attached hydrogen (secondary N) is 1. The van der Waals surface area contributed by atoms with Crippen molar-refractivity contribution in [2.75, 3.05) is 13.2 Å². The van der Waals surface area contributed by atoms with Gasteiger partial charge in [0.25, 0.3) is 0 Å².